The van der Waals surface area contributed by atoms with Gasteiger partial charge in [-0.25, -0.2) is 0 Å². The smallest absolute Gasteiger partial charge is 0.252 e. The van der Waals surface area contributed by atoms with E-state index >= 15 is 0 Å². The topological polar surface area (TPSA) is 55.1 Å². The largest absolute Gasteiger partial charge is 0.346 e. The Labute approximate surface area is 130 Å². The zero-order valence-corrected chi connectivity index (χ0v) is 12.7. The highest BCUT2D eigenvalue weighted by Gasteiger charge is 2.14. The van der Waals surface area contributed by atoms with Gasteiger partial charge in [0.15, 0.2) is 0 Å². The molecule has 0 heterocycles. The number of benzene rings is 2. The summed E-state index contributed by atoms with van der Waals surface area (Å²) in [5, 5.41) is 3.69. The van der Waals surface area contributed by atoms with E-state index < -0.39 is 0 Å². The number of hydrogen-bond donors (Lipinski definition) is 2. The quantitative estimate of drug-likeness (QED) is 0.890. The summed E-state index contributed by atoms with van der Waals surface area (Å²) in [6.07, 6.45) is 0.693. The molecular formula is C17H19ClN2O. The zero-order chi connectivity index (χ0) is 15.2. The predicted molar refractivity (Wildman–Crippen MR) is 86.5 cm³/mol. The minimum atomic E-state index is -0.0827. The minimum absolute atomic E-state index is 0.0819. The molecule has 0 aromatic heterocycles. The average molecular weight is 303 g/mol. The summed E-state index contributed by atoms with van der Waals surface area (Å²) in [5.41, 5.74) is 8.27. The maximum absolute atomic E-state index is 12.4. The SMILES string of the molecule is C[C@@H](NC(=O)c1ccccc1CCN)c1ccc(Cl)cc1. The molecule has 0 spiro atoms. The molecule has 0 radical (unpaired) electrons. The van der Waals surface area contributed by atoms with E-state index in [0.717, 1.165) is 11.1 Å². The minimum Gasteiger partial charge on any atom is -0.346 e. The first kappa shape index (κ1) is 15.5. The molecular weight excluding hydrogens is 284 g/mol. The highest BCUT2D eigenvalue weighted by molar-refractivity contribution is 6.30. The van der Waals surface area contributed by atoms with Crippen molar-refractivity contribution in [3.63, 3.8) is 0 Å². The number of nitrogens with one attached hydrogen (secondary N) is 1. The van der Waals surface area contributed by atoms with Crippen LogP contribution in [0.3, 0.4) is 0 Å². The van der Waals surface area contributed by atoms with E-state index in [9.17, 15) is 4.79 Å². The molecule has 1 atom stereocenters. The Morgan fingerprint density at radius 1 is 1.19 bits per heavy atom. The van der Waals surface area contributed by atoms with Crippen LogP contribution in [-0.4, -0.2) is 12.5 Å². The van der Waals surface area contributed by atoms with Crippen LogP contribution >= 0.6 is 11.6 Å². The van der Waals surface area contributed by atoms with E-state index in [4.69, 9.17) is 17.3 Å². The van der Waals surface area contributed by atoms with Gasteiger partial charge in [0, 0.05) is 10.6 Å². The van der Waals surface area contributed by atoms with Crippen molar-refractivity contribution in [1.82, 2.24) is 5.32 Å². The lowest BCUT2D eigenvalue weighted by atomic mass is 10.0. The Hall–Kier alpha value is -1.84. The van der Waals surface area contributed by atoms with Gasteiger partial charge in [-0.3, -0.25) is 4.79 Å². The molecule has 0 aliphatic rings. The van der Waals surface area contributed by atoms with Gasteiger partial charge in [-0.05, 0) is 49.2 Å². The van der Waals surface area contributed by atoms with Crippen LogP contribution in [0.4, 0.5) is 0 Å². The standard InChI is InChI=1S/C17H19ClN2O/c1-12(13-6-8-15(18)9-7-13)20-17(21)16-5-3-2-4-14(16)10-11-19/h2-9,12H,10-11,19H2,1H3,(H,20,21)/t12-/m1/s1. The number of hydrogen-bond acceptors (Lipinski definition) is 2. The summed E-state index contributed by atoms with van der Waals surface area (Å²) in [7, 11) is 0. The molecule has 3 N–H and O–H groups in total. The van der Waals surface area contributed by atoms with Gasteiger partial charge in [-0.1, -0.05) is 41.9 Å². The van der Waals surface area contributed by atoms with Crippen LogP contribution in [0, 0.1) is 0 Å². The second-order valence-electron chi connectivity index (χ2n) is 4.94. The van der Waals surface area contributed by atoms with Gasteiger partial charge in [0.2, 0.25) is 0 Å². The number of rotatable bonds is 5. The Morgan fingerprint density at radius 2 is 1.86 bits per heavy atom. The molecule has 2 aromatic rings. The van der Waals surface area contributed by atoms with Crippen molar-refractivity contribution in [3.05, 3.63) is 70.2 Å². The third-order valence-electron chi connectivity index (χ3n) is 3.39. The van der Waals surface area contributed by atoms with Gasteiger partial charge in [0.1, 0.15) is 0 Å². The first-order chi connectivity index (χ1) is 10.1. The summed E-state index contributed by atoms with van der Waals surface area (Å²) in [5.74, 6) is -0.0819. The second-order valence-corrected chi connectivity index (χ2v) is 5.38. The Balaban J connectivity index is 2.12. The van der Waals surface area contributed by atoms with E-state index in [1.807, 2.05) is 55.5 Å². The summed E-state index contributed by atoms with van der Waals surface area (Å²) in [6, 6.07) is 14.9. The Bertz CT molecular complexity index is 610. The predicted octanol–water partition coefficient (Wildman–Crippen LogP) is 3.33. The first-order valence-electron chi connectivity index (χ1n) is 6.96. The average Bonchev–Trinajstić information content (AvgIpc) is 2.48. The van der Waals surface area contributed by atoms with Crippen molar-refractivity contribution in [3.8, 4) is 0 Å². The van der Waals surface area contributed by atoms with Crippen molar-refractivity contribution in [2.24, 2.45) is 5.73 Å². The number of nitrogens with two attached hydrogens (primary N) is 1. The molecule has 4 heteroatoms. The highest BCUT2D eigenvalue weighted by atomic mass is 35.5. The molecule has 2 aromatic carbocycles. The molecule has 0 aliphatic carbocycles. The lowest BCUT2D eigenvalue weighted by Gasteiger charge is -2.16. The van der Waals surface area contributed by atoms with Gasteiger partial charge in [-0.2, -0.15) is 0 Å². The molecule has 0 unspecified atom stereocenters. The summed E-state index contributed by atoms with van der Waals surface area (Å²) < 4.78 is 0. The molecule has 0 saturated heterocycles. The highest BCUT2D eigenvalue weighted by Crippen LogP contribution is 2.17. The summed E-state index contributed by atoms with van der Waals surface area (Å²) >= 11 is 5.87. The number of carbonyl (C=O) groups excluding carboxylic acids is 1. The normalized spacial score (nSPS) is 12.0. The van der Waals surface area contributed by atoms with Crippen molar-refractivity contribution in [1.29, 1.82) is 0 Å². The molecule has 0 saturated carbocycles. The van der Waals surface area contributed by atoms with Gasteiger partial charge < -0.3 is 11.1 Å². The van der Waals surface area contributed by atoms with E-state index in [2.05, 4.69) is 5.32 Å². The van der Waals surface area contributed by atoms with E-state index in [1.165, 1.54) is 0 Å². The molecule has 3 nitrogen and oxygen atoms in total. The van der Waals surface area contributed by atoms with Gasteiger partial charge >= 0.3 is 0 Å². The first-order valence-corrected chi connectivity index (χ1v) is 7.34. The van der Waals surface area contributed by atoms with Crippen LogP contribution in [0.2, 0.25) is 5.02 Å². The lowest BCUT2D eigenvalue weighted by Crippen LogP contribution is -2.27. The van der Waals surface area contributed by atoms with Gasteiger partial charge in [-0.15, -0.1) is 0 Å². The molecule has 1 amide bonds. The van der Waals surface area contributed by atoms with Gasteiger partial charge in [0.25, 0.3) is 5.91 Å². The number of amides is 1. The molecule has 110 valence electrons. The van der Waals surface area contributed by atoms with Crippen molar-refractivity contribution in [2.75, 3.05) is 6.54 Å². The lowest BCUT2D eigenvalue weighted by molar-refractivity contribution is 0.0939. The van der Waals surface area contributed by atoms with Crippen LogP contribution in [0.15, 0.2) is 48.5 Å². The molecule has 0 fully saturated rings. The Kier molecular flexibility index (Phi) is 5.37. The van der Waals surface area contributed by atoms with Crippen molar-refractivity contribution in [2.45, 2.75) is 19.4 Å². The van der Waals surface area contributed by atoms with E-state index in [0.29, 0.717) is 23.6 Å². The zero-order valence-electron chi connectivity index (χ0n) is 12.0. The van der Waals surface area contributed by atoms with Crippen LogP contribution in [0.25, 0.3) is 0 Å². The van der Waals surface area contributed by atoms with Crippen LogP contribution < -0.4 is 11.1 Å². The van der Waals surface area contributed by atoms with Crippen LogP contribution in [0.1, 0.15) is 34.5 Å². The molecule has 2 rings (SSSR count). The monoisotopic (exact) mass is 302 g/mol. The molecule has 0 aliphatic heterocycles. The van der Waals surface area contributed by atoms with Crippen molar-refractivity contribution < 1.29 is 4.79 Å². The fourth-order valence-electron chi connectivity index (χ4n) is 2.22. The summed E-state index contributed by atoms with van der Waals surface area (Å²) in [6.45, 7) is 2.48. The summed E-state index contributed by atoms with van der Waals surface area (Å²) in [4.78, 5) is 12.4. The second kappa shape index (κ2) is 7.25. The van der Waals surface area contributed by atoms with E-state index in [-0.39, 0.29) is 11.9 Å². The molecule has 0 bridgehead atoms. The van der Waals surface area contributed by atoms with E-state index in [1.54, 1.807) is 0 Å². The third kappa shape index (κ3) is 4.06. The number of halogens is 1. The van der Waals surface area contributed by atoms with Crippen molar-refractivity contribution >= 4 is 17.5 Å². The maximum Gasteiger partial charge on any atom is 0.252 e. The maximum atomic E-state index is 12.4. The van der Waals surface area contributed by atoms with Crippen LogP contribution in [0.5, 0.6) is 0 Å². The van der Waals surface area contributed by atoms with Gasteiger partial charge in [0.05, 0.1) is 6.04 Å². The fourth-order valence-corrected chi connectivity index (χ4v) is 2.35. The number of carbonyl (C=O) groups is 1. The van der Waals surface area contributed by atoms with Crippen LogP contribution in [-0.2, 0) is 6.42 Å². The molecule has 21 heavy (non-hydrogen) atoms. The third-order valence-corrected chi connectivity index (χ3v) is 3.65. The Morgan fingerprint density at radius 3 is 2.52 bits per heavy atom. The fraction of sp³-hybridized carbons (Fsp3) is 0.235.